The molecule has 4 N–H and O–H groups in total. The predicted octanol–water partition coefficient (Wildman–Crippen LogP) is 2.18. The molecular formula is C16H18N4O. The zero-order valence-corrected chi connectivity index (χ0v) is 11.9. The normalized spacial score (nSPS) is 10.5. The van der Waals surface area contributed by atoms with Crippen LogP contribution in [0.2, 0.25) is 0 Å². The molecule has 0 bridgehead atoms. The van der Waals surface area contributed by atoms with Gasteiger partial charge < -0.3 is 16.2 Å². The number of rotatable bonds is 5. The van der Waals surface area contributed by atoms with Gasteiger partial charge in [0.2, 0.25) is 5.96 Å². The maximum Gasteiger partial charge on any atom is 0.211 e. The molecule has 2 aromatic rings. The molecule has 2 aromatic carbocycles. The monoisotopic (exact) mass is 282 g/mol. The first-order chi connectivity index (χ1) is 10.1. The Morgan fingerprint density at radius 1 is 1.14 bits per heavy atom. The van der Waals surface area contributed by atoms with Crippen molar-refractivity contribution < 1.29 is 4.74 Å². The lowest BCUT2D eigenvalue weighted by Crippen LogP contribution is -2.21. The molecule has 0 saturated carbocycles. The molecule has 0 unspecified atom stereocenters. The second-order valence-electron chi connectivity index (χ2n) is 4.58. The Labute approximate surface area is 124 Å². The zero-order valence-electron chi connectivity index (χ0n) is 11.9. The van der Waals surface area contributed by atoms with Gasteiger partial charge in [0.1, 0.15) is 12.4 Å². The SMILES string of the molecule is Cc1cccc(COc2ccccc2C=NN=C(N)N)c1. The van der Waals surface area contributed by atoms with Crippen molar-refractivity contribution in [3.8, 4) is 5.75 Å². The smallest absolute Gasteiger partial charge is 0.211 e. The van der Waals surface area contributed by atoms with Crippen LogP contribution >= 0.6 is 0 Å². The molecule has 0 fully saturated rings. The van der Waals surface area contributed by atoms with Crippen molar-refractivity contribution in [2.75, 3.05) is 0 Å². The third kappa shape index (κ3) is 4.65. The highest BCUT2D eigenvalue weighted by atomic mass is 16.5. The lowest BCUT2D eigenvalue weighted by molar-refractivity contribution is 0.305. The topological polar surface area (TPSA) is 86.0 Å². The average molecular weight is 282 g/mol. The zero-order chi connectivity index (χ0) is 15.1. The van der Waals surface area contributed by atoms with Gasteiger partial charge in [0.05, 0.1) is 6.21 Å². The summed E-state index contributed by atoms with van der Waals surface area (Å²) in [5, 5.41) is 7.38. The van der Waals surface area contributed by atoms with Crippen molar-refractivity contribution in [3.05, 3.63) is 65.2 Å². The van der Waals surface area contributed by atoms with Crippen LogP contribution in [0.5, 0.6) is 5.75 Å². The standard InChI is InChI=1S/C16H18N4O/c1-12-5-4-6-13(9-12)11-21-15-8-3-2-7-14(15)10-19-20-16(17)18/h2-10H,11H2,1H3,(H4,17,18,20). The molecule has 0 aliphatic rings. The van der Waals surface area contributed by atoms with Crippen LogP contribution in [0.25, 0.3) is 0 Å². The van der Waals surface area contributed by atoms with Crippen LogP contribution < -0.4 is 16.2 Å². The molecule has 21 heavy (non-hydrogen) atoms. The fraction of sp³-hybridized carbons (Fsp3) is 0.125. The fourth-order valence-corrected chi connectivity index (χ4v) is 1.84. The molecule has 2 rings (SSSR count). The Morgan fingerprint density at radius 3 is 2.71 bits per heavy atom. The summed E-state index contributed by atoms with van der Waals surface area (Å²) in [5.41, 5.74) is 13.6. The van der Waals surface area contributed by atoms with E-state index in [0.29, 0.717) is 6.61 Å². The maximum absolute atomic E-state index is 5.83. The summed E-state index contributed by atoms with van der Waals surface area (Å²) in [6.45, 7) is 2.55. The van der Waals surface area contributed by atoms with Crippen molar-refractivity contribution in [3.63, 3.8) is 0 Å². The predicted molar refractivity (Wildman–Crippen MR) is 85.4 cm³/mol. The van der Waals surface area contributed by atoms with E-state index in [4.69, 9.17) is 16.2 Å². The number of ether oxygens (including phenoxy) is 1. The van der Waals surface area contributed by atoms with E-state index in [2.05, 4.69) is 29.3 Å². The molecule has 0 heterocycles. The molecule has 0 amide bonds. The van der Waals surface area contributed by atoms with Crippen LogP contribution in [-0.4, -0.2) is 12.2 Å². The van der Waals surface area contributed by atoms with Gasteiger partial charge in [-0.3, -0.25) is 0 Å². The summed E-state index contributed by atoms with van der Waals surface area (Å²) in [5.74, 6) is 0.651. The number of hydrogen-bond donors (Lipinski definition) is 2. The molecule has 0 spiro atoms. The Hall–Kier alpha value is -2.82. The maximum atomic E-state index is 5.83. The highest BCUT2D eigenvalue weighted by Crippen LogP contribution is 2.18. The summed E-state index contributed by atoms with van der Waals surface area (Å²) < 4.78 is 5.83. The number of para-hydroxylation sites is 1. The minimum Gasteiger partial charge on any atom is -0.488 e. The van der Waals surface area contributed by atoms with Gasteiger partial charge in [-0.05, 0) is 24.6 Å². The third-order valence-electron chi connectivity index (χ3n) is 2.77. The average Bonchev–Trinajstić information content (AvgIpc) is 2.46. The number of nitrogens with two attached hydrogens (primary N) is 2. The Kier molecular flexibility index (Phi) is 4.93. The summed E-state index contributed by atoms with van der Waals surface area (Å²) in [6.07, 6.45) is 1.56. The van der Waals surface area contributed by atoms with Crippen LogP contribution in [0.4, 0.5) is 0 Å². The molecule has 0 atom stereocenters. The number of aryl methyl sites for hydroxylation is 1. The number of benzene rings is 2. The molecule has 0 aliphatic heterocycles. The lowest BCUT2D eigenvalue weighted by Gasteiger charge is -2.09. The molecule has 5 nitrogen and oxygen atoms in total. The van der Waals surface area contributed by atoms with Crippen LogP contribution in [-0.2, 0) is 6.61 Å². The van der Waals surface area contributed by atoms with Crippen LogP contribution in [0, 0.1) is 6.92 Å². The molecule has 0 aromatic heterocycles. The van der Waals surface area contributed by atoms with E-state index in [-0.39, 0.29) is 5.96 Å². The van der Waals surface area contributed by atoms with Crippen LogP contribution in [0.1, 0.15) is 16.7 Å². The van der Waals surface area contributed by atoms with Crippen molar-refractivity contribution in [2.45, 2.75) is 13.5 Å². The minimum atomic E-state index is -0.0792. The van der Waals surface area contributed by atoms with Crippen molar-refractivity contribution >= 4 is 12.2 Å². The molecule has 0 saturated heterocycles. The molecule has 108 valence electrons. The first-order valence-electron chi connectivity index (χ1n) is 6.54. The first-order valence-corrected chi connectivity index (χ1v) is 6.54. The fourth-order valence-electron chi connectivity index (χ4n) is 1.84. The summed E-state index contributed by atoms with van der Waals surface area (Å²) in [4.78, 5) is 0. The van der Waals surface area contributed by atoms with Crippen molar-refractivity contribution in [1.82, 2.24) is 0 Å². The second kappa shape index (κ2) is 7.09. The van der Waals surface area contributed by atoms with E-state index >= 15 is 0 Å². The van der Waals surface area contributed by atoms with E-state index in [0.717, 1.165) is 16.9 Å². The van der Waals surface area contributed by atoms with Gasteiger partial charge >= 0.3 is 0 Å². The molecular weight excluding hydrogens is 264 g/mol. The van der Waals surface area contributed by atoms with Crippen molar-refractivity contribution in [1.29, 1.82) is 0 Å². The van der Waals surface area contributed by atoms with E-state index in [1.165, 1.54) is 5.56 Å². The van der Waals surface area contributed by atoms with E-state index < -0.39 is 0 Å². The van der Waals surface area contributed by atoms with Crippen molar-refractivity contribution in [2.24, 2.45) is 21.7 Å². The van der Waals surface area contributed by atoms with Gasteiger partial charge in [0.15, 0.2) is 0 Å². The Balaban J connectivity index is 2.10. The molecule has 0 aliphatic carbocycles. The molecule has 5 heteroatoms. The summed E-state index contributed by atoms with van der Waals surface area (Å²) in [7, 11) is 0. The number of nitrogens with zero attached hydrogens (tertiary/aromatic N) is 2. The minimum absolute atomic E-state index is 0.0792. The van der Waals surface area contributed by atoms with Gasteiger partial charge in [-0.25, -0.2) is 0 Å². The van der Waals surface area contributed by atoms with Crippen LogP contribution in [0.15, 0.2) is 58.7 Å². The largest absolute Gasteiger partial charge is 0.488 e. The van der Waals surface area contributed by atoms with E-state index in [9.17, 15) is 0 Å². The molecule has 0 radical (unpaired) electrons. The van der Waals surface area contributed by atoms with E-state index in [1.54, 1.807) is 6.21 Å². The van der Waals surface area contributed by atoms with Gasteiger partial charge in [-0.15, -0.1) is 5.10 Å². The second-order valence-corrected chi connectivity index (χ2v) is 4.58. The highest BCUT2D eigenvalue weighted by molar-refractivity contribution is 5.84. The summed E-state index contributed by atoms with van der Waals surface area (Å²) in [6, 6.07) is 15.8. The first kappa shape index (κ1) is 14.6. The van der Waals surface area contributed by atoms with Gasteiger partial charge in [-0.1, -0.05) is 42.0 Å². The Morgan fingerprint density at radius 2 is 1.95 bits per heavy atom. The van der Waals surface area contributed by atoms with E-state index in [1.807, 2.05) is 36.4 Å². The van der Waals surface area contributed by atoms with Gasteiger partial charge in [0.25, 0.3) is 0 Å². The number of guanidine groups is 1. The Bertz CT molecular complexity index is 661. The lowest BCUT2D eigenvalue weighted by atomic mass is 10.1. The summed E-state index contributed by atoms with van der Waals surface area (Å²) >= 11 is 0. The van der Waals surface area contributed by atoms with Gasteiger partial charge in [0, 0.05) is 5.56 Å². The highest BCUT2D eigenvalue weighted by Gasteiger charge is 2.01. The quantitative estimate of drug-likeness (QED) is 0.500. The van der Waals surface area contributed by atoms with Crippen LogP contribution in [0.3, 0.4) is 0 Å². The number of hydrogen-bond acceptors (Lipinski definition) is 3. The van der Waals surface area contributed by atoms with Gasteiger partial charge in [-0.2, -0.15) is 5.10 Å². The third-order valence-corrected chi connectivity index (χ3v) is 2.77.